The molecule has 0 aromatic carbocycles. The van der Waals surface area contributed by atoms with Crippen LogP contribution in [0.1, 0.15) is 11.3 Å². The van der Waals surface area contributed by atoms with Gasteiger partial charge in [-0.25, -0.2) is 27.7 Å². The number of hydrogen-bond donors (Lipinski definition) is 1. The number of aliphatic imine (C=N–C) groups is 1. The van der Waals surface area contributed by atoms with Gasteiger partial charge < -0.3 is 10.5 Å². The van der Waals surface area contributed by atoms with E-state index in [1.165, 1.54) is 24.7 Å². The lowest BCUT2D eigenvalue weighted by molar-refractivity contribution is 0.0545. The Bertz CT molecular complexity index is 978. The van der Waals surface area contributed by atoms with Crippen LogP contribution in [0.25, 0.3) is 10.4 Å². The standard InChI is InChI=1S/C15H16ClN5O3S2/c1-21-14(17)20-15(2-3-24-7-12(15)26(21,22)23)13-10(16)4-11(25-13)9-5-18-8-19-6-9/h4-6,8,12H,2-3,7H2,1H3,(H2,17,20)/t12?,15-/m0/s1. The third-order valence-electron chi connectivity index (χ3n) is 4.73. The van der Waals surface area contributed by atoms with Crippen molar-refractivity contribution in [3.05, 3.63) is 34.7 Å². The van der Waals surface area contributed by atoms with E-state index in [0.29, 0.717) is 22.9 Å². The summed E-state index contributed by atoms with van der Waals surface area (Å²) in [7, 11) is -2.32. The Morgan fingerprint density at radius 3 is 2.88 bits per heavy atom. The van der Waals surface area contributed by atoms with Crippen molar-refractivity contribution in [3.8, 4) is 10.4 Å². The fourth-order valence-corrected chi connectivity index (χ4v) is 6.82. The van der Waals surface area contributed by atoms with E-state index in [-0.39, 0.29) is 12.6 Å². The van der Waals surface area contributed by atoms with Gasteiger partial charge in [-0.3, -0.25) is 0 Å². The van der Waals surface area contributed by atoms with Gasteiger partial charge in [0.1, 0.15) is 17.1 Å². The molecule has 0 amide bonds. The molecule has 1 unspecified atom stereocenters. The van der Waals surface area contributed by atoms with Crippen LogP contribution in [0.5, 0.6) is 0 Å². The minimum atomic E-state index is -3.71. The van der Waals surface area contributed by atoms with Crippen molar-refractivity contribution >= 4 is 38.9 Å². The fraction of sp³-hybridized carbons (Fsp3) is 0.400. The van der Waals surface area contributed by atoms with E-state index in [9.17, 15) is 8.42 Å². The molecule has 4 heterocycles. The zero-order valence-corrected chi connectivity index (χ0v) is 16.2. The van der Waals surface area contributed by atoms with Crippen LogP contribution in [0, 0.1) is 0 Å². The maximum absolute atomic E-state index is 13.0. The number of thiophene rings is 1. The lowest BCUT2D eigenvalue weighted by Crippen LogP contribution is -2.60. The quantitative estimate of drug-likeness (QED) is 0.797. The molecule has 0 spiro atoms. The molecule has 8 nitrogen and oxygen atoms in total. The van der Waals surface area contributed by atoms with E-state index in [1.807, 2.05) is 0 Å². The number of halogens is 1. The molecular formula is C15H16ClN5O3S2. The van der Waals surface area contributed by atoms with Gasteiger partial charge in [-0.2, -0.15) is 0 Å². The van der Waals surface area contributed by atoms with E-state index in [4.69, 9.17) is 22.1 Å². The number of guanidine groups is 1. The smallest absolute Gasteiger partial charge is 0.245 e. The van der Waals surface area contributed by atoms with Crippen LogP contribution >= 0.6 is 22.9 Å². The first-order chi connectivity index (χ1) is 12.4. The van der Waals surface area contributed by atoms with Crippen LogP contribution in [0.2, 0.25) is 5.02 Å². The molecule has 2 N–H and O–H groups in total. The first kappa shape index (κ1) is 17.7. The first-order valence-electron chi connectivity index (χ1n) is 7.82. The Hall–Kier alpha value is -1.75. The van der Waals surface area contributed by atoms with Crippen molar-refractivity contribution in [2.75, 3.05) is 20.3 Å². The molecule has 2 aromatic rings. The maximum Gasteiger partial charge on any atom is 0.245 e. The average molecular weight is 414 g/mol. The van der Waals surface area contributed by atoms with Crippen LogP contribution in [-0.2, 0) is 20.3 Å². The SMILES string of the molecule is CN1C(N)=N[C@@]2(c3sc(-c4cncnc4)cc3Cl)CCOCC2S1(=O)=O. The Morgan fingerprint density at radius 2 is 2.15 bits per heavy atom. The third-order valence-corrected chi connectivity index (χ3v) is 8.69. The molecule has 1 fully saturated rings. The van der Waals surface area contributed by atoms with Gasteiger partial charge in [0.05, 0.1) is 16.5 Å². The Morgan fingerprint density at radius 1 is 1.42 bits per heavy atom. The highest BCUT2D eigenvalue weighted by atomic mass is 35.5. The first-order valence-corrected chi connectivity index (χ1v) is 10.5. The molecule has 2 aliphatic rings. The minimum absolute atomic E-state index is 0.0431. The van der Waals surface area contributed by atoms with E-state index < -0.39 is 20.8 Å². The van der Waals surface area contributed by atoms with Gasteiger partial charge >= 0.3 is 0 Å². The van der Waals surface area contributed by atoms with Crippen molar-refractivity contribution in [1.29, 1.82) is 0 Å². The van der Waals surface area contributed by atoms with Crippen LogP contribution in [0.3, 0.4) is 0 Å². The highest BCUT2D eigenvalue weighted by Gasteiger charge is 2.56. The number of nitrogens with zero attached hydrogens (tertiary/aromatic N) is 4. The number of ether oxygens (including phenoxy) is 1. The van der Waals surface area contributed by atoms with Crippen LogP contribution < -0.4 is 5.73 Å². The molecule has 2 aromatic heterocycles. The summed E-state index contributed by atoms with van der Waals surface area (Å²) in [5.74, 6) is -0.0442. The second-order valence-electron chi connectivity index (χ2n) is 6.14. The molecule has 0 saturated carbocycles. The largest absolute Gasteiger partial charge is 0.380 e. The molecule has 0 aliphatic carbocycles. The third kappa shape index (κ3) is 2.51. The molecule has 0 radical (unpaired) electrons. The molecule has 138 valence electrons. The summed E-state index contributed by atoms with van der Waals surface area (Å²) in [4.78, 5) is 14.2. The van der Waals surface area contributed by atoms with Gasteiger partial charge in [0, 0.05) is 42.9 Å². The van der Waals surface area contributed by atoms with E-state index in [1.54, 1.807) is 18.5 Å². The Balaban J connectivity index is 1.91. The van der Waals surface area contributed by atoms with Gasteiger partial charge in [0.25, 0.3) is 0 Å². The van der Waals surface area contributed by atoms with Gasteiger partial charge in [-0.1, -0.05) is 11.6 Å². The molecular weight excluding hydrogens is 398 g/mol. The lowest BCUT2D eigenvalue weighted by Gasteiger charge is -2.45. The average Bonchev–Trinajstić information content (AvgIpc) is 3.03. The highest BCUT2D eigenvalue weighted by molar-refractivity contribution is 7.90. The zero-order valence-electron chi connectivity index (χ0n) is 13.8. The van der Waals surface area contributed by atoms with Crippen molar-refractivity contribution in [3.63, 3.8) is 0 Å². The number of rotatable bonds is 2. The second kappa shape index (κ2) is 6.15. The summed E-state index contributed by atoms with van der Waals surface area (Å²) in [6.07, 6.45) is 5.19. The lowest BCUT2D eigenvalue weighted by atomic mass is 9.88. The van der Waals surface area contributed by atoms with Crippen molar-refractivity contribution in [2.24, 2.45) is 10.7 Å². The van der Waals surface area contributed by atoms with Gasteiger partial charge in [-0.05, 0) is 6.07 Å². The molecule has 2 atom stereocenters. The Labute approximate surface area is 159 Å². The number of hydrogen-bond acceptors (Lipinski definition) is 8. The summed E-state index contributed by atoms with van der Waals surface area (Å²) in [6.45, 7) is 0.423. The van der Waals surface area contributed by atoms with Crippen LogP contribution in [0.15, 0.2) is 29.8 Å². The topological polar surface area (TPSA) is 111 Å². The molecule has 11 heteroatoms. The summed E-state index contributed by atoms with van der Waals surface area (Å²) in [5, 5.41) is -0.422. The van der Waals surface area contributed by atoms with Crippen molar-refractivity contribution in [2.45, 2.75) is 17.2 Å². The summed E-state index contributed by atoms with van der Waals surface area (Å²) in [5.41, 5.74) is 5.70. The highest BCUT2D eigenvalue weighted by Crippen LogP contribution is 2.50. The molecule has 1 saturated heterocycles. The number of fused-ring (bicyclic) bond motifs is 1. The zero-order chi connectivity index (χ0) is 18.5. The predicted octanol–water partition coefficient (Wildman–Crippen LogP) is 1.43. The minimum Gasteiger partial charge on any atom is -0.380 e. The van der Waals surface area contributed by atoms with Gasteiger partial charge in [-0.15, -0.1) is 11.3 Å². The summed E-state index contributed by atoms with van der Waals surface area (Å²) >= 11 is 7.92. The van der Waals surface area contributed by atoms with Crippen molar-refractivity contribution in [1.82, 2.24) is 14.3 Å². The van der Waals surface area contributed by atoms with Crippen molar-refractivity contribution < 1.29 is 13.2 Å². The normalized spacial score (nSPS) is 27.7. The van der Waals surface area contributed by atoms with E-state index in [2.05, 4.69) is 15.0 Å². The van der Waals surface area contributed by atoms with Gasteiger partial charge in [0.15, 0.2) is 0 Å². The maximum atomic E-state index is 13.0. The summed E-state index contributed by atoms with van der Waals surface area (Å²) < 4.78 is 32.4. The van der Waals surface area contributed by atoms with Crippen LogP contribution in [0.4, 0.5) is 0 Å². The van der Waals surface area contributed by atoms with E-state index >= 15 is 0 Å². The predicted molar refractivity (Wildman–Crippen MR) is 99.6 cm³/mol. The van der Waals surface area contributed by atoms with E-state index in [0.717, 1.165) is 14.7 Å². The van der Waals surface area contributed by atoms with Gasteiger partial charge in [0.2, 0.25) is 16.0 Å². The monoisotopic (exact) mass is 413 g/mol. The molecule has 4 rings (SSSR count). The molecule has 0 bridgehead atoms. The van der Waals surface area contributed by atoms with Crippen LogP contribution in [-0.4, -0.2) is 54.2 Å². The number of aromatic nitrogens is 2. The second-order valence-corrected chi connectivity index (χ2v) is 9.74. The summed E-state index contributed by atoms with van der Waals surface area (Å²) in [6, 6.07) is 1.79. The molecule has 26 heavy (non-hydrogen) atoms. The Kier molecular flexibility index (Phi) is 4.18. The fourth-order valence-electron chi connectivity index (χ4n) is 3.32. The number of sulfonamides is 1. The molecule has 2 aliphatic heterocycles. The number of nitrogens with two attached hydrogens (primary N) is 1.